The number of nitrogens with zero attached hydrogens (tertiary/aromatic N) is 2. The SMILES string of the molecule is CC(C)(O)CCC[C@](C)(O)C1CC[C@]2(C)[C@@H]1[C@H](O)C[C@@H]1[C@@]3(C)Cc4nccnc4C(C)(C)[C@@H]3CC[C@]12C. The van der Waals surface area contributed by atoms with E-state index in [0.717, 1.165) is 37.8 Å². The smallest absolute Gasteiger partial charge is 0.0678 e. The van der Waals surface area contributed by atoms with Gasteiger partial charge < -0.3 is 15.3 Å². The van der Waals surface area contributed by atoms with Crippen LogP contribution in [-0.4, -0.2) is 42.6 Å². The minimum atomic E-state index is -0.833. The van der Waals surface area contributed by atoms with Crippen LogP contribution < -0.4 is 0 Å². The first-order chi connectivity index (χ1) is 17.0. The first kappa shape index (κ1) is 27.5. The summed E-state index contributed by atoms with van der Waals surface area (Å²) in [6, 6.07) is 0. The van der Waals surface area contributed by atoms with Crippen molar-refractivity contribution >= 4 is 0 Å². The Bertz CT molecular complexity index is 1030. The molecule has 3 saturated carbocycles. The summed E-state index contributed by atoms with van der Waals surface area (Å²) in [6.07, 6.45) is 11.6. The van der Waals surface area contributed by atoms with Gasteiger partial charge in [-0.05, 0) is 118 Å². The largest absolute Gasteiger partial charge is 0.393 e. The zero-order chi connectivity index (χ0) is 27.2. The molecular weight excluding hydrogens is 460 g/mol. The van der Waals surface area contributed by atoms with Gasteiger partial charge in [-0.1, -0.05) is 34.6 Å². The molecule has 0 aromatic carbocycles. The topological polar surface area (TPSA) is 86.5 Å². The summed E-state index contributed by atoms with van der Waals surface area (Å²) >= 11 is 0. The monoisotopic (exact) mass is 512 g/mol. The molecule has 4 aliphatic carbocycles. The molecule has 0 bridgehead atoms. The Morgan fingerprint density at radius 1 is 0.892 bits per heavy atom. The van der Waals surface area contributed by atoms with Crippen LogP contribution in [0.25, 0.3) is 0 Å². The Morgan fingerprint density at radius 3 is 2.22 bits per heavy atom. The highest BCUT2D eigenvalue weighted by atomic mass is 16.3. The van der Waals surface area contributed by atoms with Gasteiger partial charge in [0, 0.05) is 17.8 Å². The molecule has 5 heteroatoms. The van der Waals surface area contributed by atoms with Crippen LogP contribution in [0.5, 0.6) is 0 Å². The fourth-order valence-corrected chi connectivity index (χ4v) is 10.9. The van der Waals surface area contributed by atoms with E-state index in [0.29, 0.717) is 24.7 Å². The van der Waals surface area contributed by atoms with Gasteiger partial charge in [0.15, 0.2) is 0 Å². The lowest BCUT2D eigenvalue weighted by Gasteiger charge is -2.69. The third-order valence-electron chi connectivity index (χ3n) is 12.7. The number of hydrogen-bond acceptors (Lipinski definition) is 5. The van der Waals surface area contributed by atoms with Gasteiger partial charge in [0.05, 0.1) is 28.7 Å². The highest BCUT2D eigenvalue weighted by molar-refractivity contribution is 5.32. The molecule has 5 rings (SSSR count). The van der Waals surface area contributed by atoms with Gasteiger partial charge in [0.1, 0.15) is 0 Å². The number of hydrogen-bond donors (Lipinski definition) is 3. The molecule has 0 amide bonds. The first-order valence-corrected chi connectivity index (χ1v) is 14.9. The maximum absolute atomic E-state index is 11.9. The predicted octanol–water partition coefficient (Wildman–Crippen LogP) is 5.84. The molecule has 0 saturated heterocycles. The van der Waals surface area contributed by atoms with Gasteiger partial charge >= 0.3 is 0 Å². The Hall–Kier alpha value is -1.04. The van der Waals surface area contributed by atoms with Crippen molar-refractivity contribution in [2.45, 2.75) is 136 Å². The van der Waals surface area contributed by atoms with E-state index in [-0.39, 0.29) is 33.5 Å². The maximum Gasteiger partial charge on any atom is 0.0678 e. The summed E-state index contributed by atoms with van der Waals surface area (Å²) in [4.78, 5) is 9.65. The van der Waals surface area contributed by atoms with Gasteiger partial charge in [-0.2, -0.15) is 0 Å². The van der Waals surface area contributed by atoms with Gasteiger partial charge in [-0.15, -0.1) is 0 Å². The van der Waals surface area contributed by atoms with Crippen molar-refractivity contribution < 1.29 is 15.3 Å². The van der Waals surface area contributed by atoms with Crippen LogP contribution in [0.1, 0.15) is 118 Å². The van der Waals surface area contributed by atoms with Crippen molar-refractivity contribution in [3.05, 3.63) is 23.8 Å². The summed E-state index contributed by atoms with van der Waals surface area (Å²) in [5, 5.41) is 33.9. The Morgan fingerprint density at radius 2 is 1.54 bits per heavy atom. The number of aromatic nitrogens is 2. The van der Waals surface area contributed by atoms with Crippen LogP contribution in [0.4, 0.5) is 0 Å². The van der Waals surface area contributed by atoms with Gasteiger partial charge in [0.2, 0.25) is 0 Å². The van der Waals surface area contributed by atoms with E-state index in [1.807, 2.05) is 33.2 Å². The van der Waals surface area contributed by atoms with Gasteiger partial charge in [-0.3, -0.25) is 9.97 Å². The summed E-state index contributed by atoms with van der Waals surface area (Å²) in [6.45, 7) is 17.9. The molecule has 4 aliphatic rings. The molecule has 0 aliphatic heterocycles. The number of aliphatic hydroxyl groups is 3. The Labute approximate surface area is 224 Å². The zero-order valence-corrected chi connectivity index (χ0v) is 24.6. The Kier molecular flexibility index (Phi) is 6.31. The van der Waals surface area contributed by atoms with E-state index < -0.39 is 17.3 Å². The maximum atomic E-state index is 11.9. The molecule has 0 spiro atoms. The molecule has 1 heterocycles. The van der Waals surface area contributed by atoms with Gasteiger partial charge in [0.25, 0.3) is 0 Å². The third-order valence-corrected chi connectivity index (χ3v) is 12.7. The molecule has 5 nitrogen and oxygen atoms in total. The highest BCUT2D eigenvalue weighted by Crippen LogP contribution is 2.75. The second-order valence-electron chi connectivity index (χ2n) is 15.7. The molecule has 0 radical (unpaired) electrons. The van der Waals surface area contributed by atoms with Crippen LogP contribution in [0.3, 0.4) is 0 Å². The van der Waals surface area contributed by atoms with Crippen LogP contribution in [0, 0.1) is 39.9 Å². The average molecular weight is 513 g/mol. The second kappa shape index (κ2) is 8.48. The fourth-order valence-electron chi connectivity index (χ4n) is 10.9. The second-order valence-corrected chi connectivity index (χ2v) is 15.7. The summed E-state index contributed by atoms with van der Waals surface area (Å²) in [5.74, 6) is 1.11. The summed E-state index contributed by atoms with van der Waals surface area (Å²) < 4.78 is 0. The standard InChI is InChI=1S/C32H52N2O3/c1-27(2,36)12-9-13-32(8,37)20-10-14-31(7)25(20)22(35)18-24-29(5)19-21-26(34-17-16-33-21)28(3,4)23(29)11-15-30(24,31)6/h16-17,20,22-25,35-37H,9-15,18-19H2,1-8H3/t20?,22-,23+,24-,25+,29+,30-,31-,32+/m1/s1. The fraction of sp³-hybridized carbons (Fsp3) is 0.875. The molecule has 1 aromatic rings. The molecular formula is C32H52N2O3. The quantitative estimate of drug-likeness (QED) is 0.461. The van der Waals surface area contributed by atoms with Crippen LogP contribution >= 0.6 is 0 Å². The van der Waals surface area contributed by atoms with Crippen molar-refractivity contribution in [1.82, 2.24) is 9.97 Å². The minimum absolute atomic E-state index is 0.0129. The zero-order valence-electron chi connectivity index (χ0n) is 24.6. The first-order valence-electron chi connectivity index (χ1n) is 14.9. The van der Waals surface area contributed by atoms with Crippen molar-refractivity contribution in [2.24, 2.45) is 39.9 Å². The lowest BCUT2D eigenvalue weighted by atomic mass is 9.35. The van der Waals surface area contributed by atoms with E-state index in [9.17, 15) is 15.3 Å². The highest BCUT2D eigenvalue weighted by Gasteiger charge is 2.71. The van der Waals surface area contributed by atoms with Crippen molar-refractivity contribution in [3.8, 4) is 0 Å². The van der Waals surface area contributed by atoms with Crippen LogP contribution in [0.15, 0.2) is 12.4 Å². The average Bonchev–Trinajstić information content (AvgIpc) is 3.15. The number of fused-ring (bicyclic) bond motifs is 6. The molecule has 208 valence electrons. The molecule has 1 aromatic heterocycles. The number of rotatable bonds is 5. The van der Waals surface area contributed by atoms with E-state index in [1.54, 1.807) is 0 Å². The van der Waals surface area contributed by atoms with Crippen molar-refractivity contribution in [2.75, 3.05) is 0 Å². The van der Waals surface area contributed by atoms with E-state index in [4.69, 9.17) is 9.97 Å². The minimum Gasteiger partial charge on any atom is -0.393 e. The lowest BCUT2D eigenvalue weighted by Crippen LogP contribution is -2.66. The predicted molar refractivity (Wildman–Crippen MR) is 147 cm³/mol. The summed E-state index contributed by atoms with van der Waals surface area (Å²) in [7, 11) is 0. The number of aliphatic hydroxyl groups excluding tert-OH is 1. The van der Waals surface area contributed by atoms with E-state index >= 15 is 0 Å². The lowest BCUT2D eigenvalue weighted by molar-refractivity contribution is -0.224. The summed E-state index contributed by atoms with van der Waals surface area (Å²) in [5.41, 5.74) is 0.888. The van der Waals surface area contributed by atoms with Crippen molar-refractivity contribution in [3.63, 3.8) is 0 Å². The third kappa shape index (κ3) is 3.96. The molecule has 37 heavy (non-hydrogen) atoms. The van der Waals surface area contributed by atoms with Crippen molar-refractivity contribution in [1.29, 1.82) is 0 Å². The molecule has 9 atom stereocenters. The van der Waals surface area contributed by atoms with Gasteiger partial charge in [-0.25, -0.2) is 0 Å². The van der Waals surface area contributed by atoms with E-state index in [1.165, 1.54) is 18.5 Å². The normalized spacial score (nSPS) is 44.2. The molecule has 3 N–H and O–H groups in total. The molecule has 1 unspecified atom stereocenters. The van der Waals surface area contributed by atoms with Crippen LogP contribution in [0.2, 0.25) is 0 Å². The van der Waals surface area contributed by atoms with Crippen LogP contribution in [-0.2, 0) is 11.8 Å². The Balaban J connectivity index is 1.47. The van der Waals surface area contributed by atoms with E-state index in [2.05, 4.69) is 34.6 Å². The molecule has 3 fully saturated rings.